The molecule has 5 aliphatic heterocycles. The molecule has 6 unspecified atom stereocenters. The highest BCUT2D eigenvalue weighted by Gasteiger charge is 2.27. The van der Waals surface area contributed by atoms with Crippen molar-refractivity contribution in [2.45, 2.75) is 111 Å². The largest absolute Gasteiger partial charge is 0.373 e. The quantitative estimate of drug-likeness (QED) is 0.670. The van der Waals surface area contributed by atoms with E-state index in [0.717, 1.165) is 26.4 Å². The van der Waals surface area contributed by atoms with Gasteiger partial charge in [0.05, 0.1) is 63.1 Å². The Labute approximate surface area is 162 Å². The molecular weight excluding hydrogens is 332 g/mol. The average Bonchev–Trinajstić information content (AvgIpc) is 3.45. The maximum atomic E-state index is 4.95. The Balaban J connectivity index is 0.000000299. The van der Waals surface area contributed by atoms with Crippen molar-refractivity contribution >= 4 is 0 Å². The van der Waals surface area contributed by atoms with Crippen molar-refractivity contribution in [3.05, 3.63) is 0 Å². The lowest BCUT2D eigenvalue weighted by molar-refractivity contribution is 0.388. The summed E-state index contributed by atoms with van der Waals surface area (Å²) in [7, 11) is 0. The molecule has 5 heteroatoms. The summed E-state index contributed by atoms with van der Waals surface area (Å²) in [5, 5.41) is 0. The van der Waals surface area contributed by atoms with Crippen LogP contribution in [0.15, 0.2) is 0 Å². The van der Waals surface area contributed by atoms with E-state index in [4.69, 9.17) is 23.7 Å². The standard InChI is InChI=1S/C5H10O.3C4H8O.C3H6O.CH4/c1-2-3-5-4-6-5;1-3-4(2)5-3;2*1-2-4-3-5-4;1-3-2-4-3;/h5H,2-4H2,1H3;3-4H,1-2H3;2*4H,2-3H2,1H3;3H,2H2,1H3;1H4. The van der Waals surface area contributed by atoms with Gasteiger partial charge in [0.25, 0.3) is 0 Å². The van der Waals surface area contributed by atoms with Crippen LogP contribution < -0.4 is 0 Å². The number of epoxide rings is 5. The molecule has 6 atom stereocenters. The highest BCUT2D eigenvalue weighted by molar-refractivity contribution is 4.73. The first-order chi connectivity index (χ1) is 12.0. The lowest BCUT2D eigenvalue weighted by Gasteiger charge is -1.79. The fourth-order valence-corrected chi connectivity index (χ4v) is 1.55. The SMILES string of the molecule is C.CC1CO1.CC1OC1C.CCC1CO1.CCC1CO1.CCCC1CO1. The van der Waals surface area contributed by atoms with Crippen molar-refractivity contribution in [1.29, 1.82) is 0 Å². The molecule has 5 aliphatic rings. The molecule has 26 heavy (non-hydrogen) atoms. The Bertz CT molecular complexity index is 292. The molecule has 0 bridgehead atoms. The maximum Gasteiger partial charge on any atom is 0.0811 e. The van der Waals surface area contributed by atoms with Crippen molar-refractivity contribution in [3.8, 4) is 0 Å². The summed E-state index contributed by atoms with van der Waals surface area (Å²) in [6, 6.07) is 0. The molecule has 0 aromatic carbocycles. The normalized spacial score (nSPS) is 35.8. The van der Waals surface area contributed by atoms with E-state index < -0.39 is 0 Å². The van der Waals surface area contributed by atoms with Crippen molar-refractivity contribution in [2.75, 3.05) is 26.4 Å². The average molecular weight is 377 g/mol. The third kappa shape index (κ3) is 20.1. The number of hydrogen-bond acceptors (Lipinski definition) is 5. The first-order valence-electron chi connectivity index (χ1n) is 10.1. The molecular formula is C21H44O5. The smallest absolute Gasteiger partial charge is 0.0811 e. The zero-order valence-electron chi connectivity index (χ0n) is 17.2. The zero-order valence-corrected chi connectivity index (χ0v) is 17.2. The number of hydrogen-bond donors (Lipinski definition) is 0. The Kier molecular flexibility index (Phi) is 14.7. The Morgan fingerprint density at radius 1 is 0.654 bits per heavy atom. The van der Waals surface area contributed by atoms with E-state index >= 15 is 0 Å². The third-order valence-corrected chi connectivity index (χ3v) is 4.24. The first kappa shape index (κ1) is 25.8. The van der Waals surface area contributed by atoms with Crippen LogP contribution in [0.3, 0.4) is 0 Å². The molecule has 5 fully saturated rings. The zero-order chi connectivity index (χ0) is 18.7. The second-order valence-electron chi connectivity index (χ2n) is 7.16. The summed E-state index contributed by atoms with van der Waals surface area (Å²) in [6.45, 7) is 16.7. The summed E-state index contributed by atoms with van der Waals surface area (Å²) in [4.78, 5) is 0. The van der Waals surface area contributed by atoms with Gasteiger partial charge in [-0.15, -0.1) is 0 Å². The predicted molar refractivity (Wildman–Crippen MR) is 107 cm³/mol. The molecule has 0 aliphatic carbocycles. The molecule has 0 amide bonds. The molecule has 0 aromatic rings. The Hall–Kier alpha value is -0.200. The van der Waals surface area contributed by atoms with Gasteiger partial charge in [-0.3, -0.25) is 0 Å². The molecule has 5 saturated heterocycles. The lowest BCUT2D eigenvalue weighted by atomic mass is 10.3. The van der Waals surface area contributed by atoms with Crippen LogP contribution in [0.5, 0.6) is 0 Å². The van der Waals surface area contributed by atoms with Crippen molar-refractivity contribution in [3.63, 3.8) is 0 Å². The van der Waals surface area contributed by atoms with Crippen LogP contribution in [0.25, 0.3) is 0 Å². The van der Waals surface area contributed by atoms with Crippen LogP contribution in [0.4, 0.5) is 0 Å². The van der Waals surface area contributed by atoms with Crippen LogP contribution >= 0.6 is 0 Å². The van der Waals surface area contributed by atoms with Gasteiger partial charge in [0, 0.05) is 0 Å². The van der Waals surface area contributed by atoms with Gasteiger partial charge in [0.15, 0.2) is 0 Å². The van der Waals surface area contributed by atoms with Gasteiger partial charge in [0.2, 0.25) is 0 Å². The molecule has 0 saturated carbocycles. The minimum Gasteiger partial charge on any atom is -0.373 e. The van der Waals surface area contributed by atoms with E-state index in [1.165, 1.54) is 25.7 Å². The van der Waals surface area contributed by atoms with E-state index in [1.807, 2.05) is 0 Å². The van der Waals surface area contributed by atoms with Crippen molar-refractivity contribution in [2.24, 2.45) is 0 Å². The molecule has 0 N–H and O–H groups in total. The summed E-state index contributed by atoms with van der Waals surface area (Å²) in [5.41, 5.74) is 0. The maximum absolute atomic E-state index is 4.95. The lowest BCUT2D eigenvalue weighted by Crippen LogP contribution is -1.78. The van der Waals surface area contributed by atoms with Crippen LogP contribution in [-0.2, 0) is 23.7 Å². The Morgan fingerprint density at radius 2 is 0.962 bits per heavy atom. The highest BCUT2D eigenvalue weighted by atomic mass is 16.6. The van der Waals surface area contributed by atoms with Gasteiger partial charge in [-0.1, -0.05) is 34.6 Å². The summed E-state index contributed by atoms with van der Waals surface area (Å²) >= 11 is 0. The number of ether oxygens (including phenoxy) is 5. The second kappa shape index (κ2) is 14.8. The van der Waals surface area contributed by atoms with Gasteiger partial charge < -0.3 is 23.7 Å². The van der Waals surface area contributed by atoms with Gasteiger partial charge in [-0.05, 0) is 40.0 Å². The minimum absolute atomic E-state index is 0. The van der Waals surface area contributed by atoms with E-state index in [1.54, 1.807) is 0 Å². The molecule has 0 radical (unpaired) electrons. The molecule has 5 heterocycles. The predicted octanol–water partition coefficient (Wildman–Crippen LogP) is 4.61. The molecule has 5 rings (SSSR count). The molecule has 158 valence electrons. The van der Waals surface area contributed by atoms with Gasteiger partial charge in [-0.25, -0.2) is 0 Å². The second-order valence-corrected chi connectivity index (χ2v) is 7.16. The third-order valence-electron chi connectivity index (χ3n) is 4.24. The van der Waals surface area contributed by atoms with E-state index in [2.05, 4.69) is 41.5 Å². The van der Waals surface area contributed by atoms with Crippen LogP contribution in [0.1, 0.15) is 74.7 Å². The van der Waals surface area contributed by atoms with Gasteiger partial charge in [0.1, 0.15) is 0 Å². The molecule has 0 spiro atoms. The number of rotatable bonds is 4. The van der Waals surface area contributed by atoms with Gasteiger partial charge >= 0.3 is 0 Å². The fraction of sp³-hybridized carbons (Fsp3) is 1.00. The fourth-order valence-electron chi connectivity index (χ4n) is 1.55. The Morgan fingerprint density at radius 3 is 1.00 bits per heavy atom. The molecule has 0 aromatic heterocycles. The van der Waals surface area contributed by atoms with Crippen LogP contribution in [0, 0.1) is 0 Å². The van der Waals surface area contributed by atoms with E-state index in [0.29, 0.717) is 36.6 Å². The van der Waals surface area contributed by atoms with E-state index in [9.17, 15) is 0 Å². The minimum atomic E-state index is 0. The van der Waals surface area contributed by atoms with Gasteiger partial charge in [-0.2, -0.15) is 0 Å². The van der Waals surface area contributed by atoms with E-state index in [-0.39, 0.29) is 7.43 Å². The summed E-state index contributed by atoms with van der Waals surface area (Å²) in [5.74, 6) is 0. The topological polar surface area (TPSA) is 62.6 Å². The monoisotopic (exact) mass is 376 g/mol. The first-order valence-corrected chi connectivity index (χ1v) is 10.1. The highest BCUT2D eigenvalue weighted by Crippen LogP contribution is 2.18. The van der Waals surface area contributed by atoms with Crippen molar-refractivity contribution in [1.82, 2.24) is 0 Å². The summed E-state index contributed by atoms with van der Waals surface area (Å²) in [6.07, 6.45) is 8.52. The summed E-state index contributed by atoms with van der Waals surface area (Å²) < 4.78 is 24.3. The van der Waals surface area contributed by atoms with Crippen LogP contribution in [0.2, 0.25) is 0 Å². The molecule has 5 nitrogen and oxygen atoms in total. The van der Waals surface area contributed by atoms with Crippen molar-refractivity contribution < 1.29 is 23.7 Å². The van der Waals surface area contributed by atoms with Crippen LogP contribution in [-0.4, -0.2) is 63.1 Å².